The molecule has 1 rings (SSSR count). The molecule has 5 heteroatoms. The van der Waals surface area contributed by atoms with Gasteiger partial charge in [-0.05, 0) is 46.6 Å². The number of rotatable bonds is 7. The highest BCUT2D eigenvalue weighted by molar-refractivity contribution is 9.10. The molecule has 0 aliphatic rings. The number of hydrogen-bond donors (Lipinski definition) is 2. The molecule has 0 amide bonds. The first-order valence-electron chi connectivity index (χ1n) is 5.95. The zero-order valence-electron chi connectivity index (χ0n) is 10.6. The lowest BCUT2D eigenvalue weighted by molar-refractivity contribution is 0.106. The predicted octanol–water partition coefficient (Wildman–Crippen LogP) is 2.57. The molecular formula is C13H19BrFNO2. The fourth-order valence-electron chi connectivity index (χ4n) is 1.36. The molecule has 18 heavy (non-hydrogen) atoms. The molecule has 0 bridgehead atoms. The number of halogens is 2. The molecule has 0 radical (unpaired) electrons. The molecule has 0 fully saturated rings. The molecule has 0 aliphatic heterocycles. The lowest BCUT2D eigenvalue weighted by Gasteiger charge is -2.14. The maximum absolute atomic E-state index is 13.0. The zero-order valence-corrected chi connectivity index (χ0v) is 12.2. The summed E-state index contributed by atoms with van der Waals surface area (Å²) < 4.78 is 18.7. The minimum atomic E-state index is -0.576. The number of benzene rings is 1. The molecule has 0 heterocycles. The second kappa shape index (κ2) is 7.71. The highest BCUT2D eigenvalue weighted by Crippen LogP contribution is 2.21. The molecule has 0 spiro atoms. The summed E-state index contributed by atoms with van der Waals surface area (Å²) in [6.45, 7) is 5.74. The molecule has 1 aromatic rings. The van der Waals surface area contributed by atoms with Crippen molar-refractivity contribution in [3.63, 3.8) is 0 Å². The minimum absolute atomic E-state index is 0.184. The molecule has 3 nitrogen and oxygen atoms in total. The van der Waals surface area contributed by atoms with E-state index in [2.05, 4.69) is 35.1 Å². The van der Waals surface area contributed by atoms with Gasteiger partial charge in [0, 0.05) is 6.54 Å². The van der Waals surface area contributed by atoms with Crippen molar-refractivity contribution in [1.82, 2.24) is 5.32 Å². The van der Waals surface area contributed by atoms with E-state index in [4.69, 9.17) is 4.74 Å². The van der Waals surface area contributed by atoms with Gasteiger partial charge in [0.2, 0.25) is 0 Å². The third-order valence-electron chi connectivity index (χ3n) is 2.27. The summed E-state index contributed by atoms with van der Waals surface area (Å²) in [5, 5.41) is 12.8. The average Bonchev–Trinajstić information content (AvgIpc) is 2.30. The first kappa shape index (κ1) is 15.4. The van der Waals surface area contributed by atoms with Crippen LogP contribution in [-0.4, -0.2) is 30.9 Å². The van der Waals surface area contributed by atoms with Gasteiger partial charge in [-0.2, -0.15) is 0 Å². The van der Waals surface area contributed by atoms with E-state index < -0.39 is 6.10 Å². The largest absolute Gasteiger partial charge is 0.491 e. The fraction of sp³-hybridized carbons (Fsp3) is 0.538. The summed E-state index contributed by atoms with van der Waals surface area (Å²) in [7, 11) is 0. The third-order valence-corrected chi connectivity index (χ3v) is 2.87. The van der Waals surface area contributed by atoms with Crippen LogP contribution in [0.25, 0.3) is 0 Å². The van der Waals surface area contributed by atoms with Crippen LogP contribution in [0.3, 0.4) is 0 Å². The number of hydrogen-bond acceptors (Lipinski definition) is 3. The highest BCUT2D eigenvalue weighted by atomic mass is 79.9. The number of aliphatic hydroxyl groups is 1. The van der Waals surface area contributed by atoms with E-state index >= 15 is 0 Å². The van der Waals surface area contributed by atoms with Crippen molar-refractivity contribution < 1.29 is 14.2 Å². The Labute approximate surface area is 115 Å². The molecule has 1 aromatic carbocycles. The van der Waals surface area contributed by atoms with Crippen molar-refractivity contribution in [2.75, 3.05) is 19.7 Å². The lowest BCUT2D eigenvalue weighted by Crippen LogP contribution is -2.33. The van der Waals surface area contributed by atoms with Gasteiger partial charge in [-0.25, -0.2) is 4.39 Å². The van der Waals surface area contributed by atoms with E-state index in [0.717, 1.165) is 6.54 Å². The SMILES string of the molecule is CC(C)CNCC(O)COc1ccc(F)c(Br)c1. The van der Waals surface area contributed by atoms with Gasteiger partial charge in [-0.15, -0.1) is 0 Å². The maximum atomic E-state index is 13.0. The summed E-state index contributed by atoms with van der Waals surface area (Å²) in [5.41, 5.74) is 0. The Hall–Kier alpha value is -0.650. The number of nitrogens with one attached hydrogen (secondary N) is 1. The summed E-state index contributed by atoms with van der Waals surface area (Å²) >= 11 is 3.08. The Bertz CT molecular complexity index is 374. The van der Waals surface area contributed by atoms with Gasteiger partial charge in [0.05, 0.1) is 4.47 Å². The van der Waals surface area contributed by atoms with E-state index in [1.54, 1.807) is 6.07 Å². The van der Waals surface area contributed by atoms with Crippen LogP contribution in [0.4, 0.5) is 4.39 Å². The molecule has 0 saturated heterocycles. The Balaban J connectivity index is 2.29. The number of aliphatic hydroxyl groups excluding tert-OH is 1. The molecular weight excluding hydrogens is 301 g/mol. The van der Waals surface area contributed by atoms with Gasteiger partial charge in [-0.1, -0.05) is 13.8 Å². The molecule has 0 saturated carbocycles. The molecule has 2 N–H and O–H groups in total. The van der Waals surface area contributed by atoms with E-state index in [9.17, 15) is 9.50 Å². The Morgan fingerprint density at radius 2 is 2.11 bits per heavy atom. The molecule has 1 atom stereocenters. The first-order valence-corrected chi connectivity index (χ1v) is 6.75. The van der Waals surface area contributed by atoms with E-state index in [1.165, 1.54) is 12.1 Å². The topological polar surface area (TPSA) is 41.5 Å². The summed E-state index contributed by atoms with van der Waals surface area (Å²) in [5.74, 6) is 0.749. The van der Waals surface area contributed by atoms with Crippen LogP contribution in [0.1, 0.15) is 13.8 Å². The quantitative estimate of drug-likeness (QED) is 0.811. The standard InChI is InChI=1S/C13H19BrFNO2/c1-9(2)6-16-7-10(17)8-18-11-3-4-13(15)12(14)5-11/h3-5,9-10,16-17H,6-8H2,1-2H3. The normalized spacial score (nSPS) is 12.8. The van der Waals surface area contributed by atoms with Crippen LogP contribution < -0.4 is 10.1 Å². The maximum Gasteiger partial charge on any atom is 0.137 e. The van der Waals surface area contributed by atoms with Crippen molar-refractivity contribution >= 4 is 15.9 Å². The Morgan fingerprint density at radius 1 is 1.39 bits per heavy atom. The van der Waals surface area contributed by atoms with Gasteiger partial charge in [-0.3, -0.25) is 0 Å². The molecule has 0 aromatic heterocycles. The number of ether oxygens (including phenoxy) is 1. The van der Waals surface area contributed by atoms with E-state index in [0.29, 0.717) is 22.7 Å². The molecule has 102 valence electrons. The molecule has 0 aliphatic carbocycles. The van der Waals surface area contributed by atoms with Crippen LogP contribution >= 0.6 is 15.9 Å². The first-order chi connectivity index (χ1) is 8.49. The third kappa shape index (κ3) is 5.80. The average molecular weight is 320 g/mol. The van der Waals surface area contributed by atoms with Gasteiger partial charge in [0.15, 0.2) is 0 Å². The van der Waals surface area contributed by atoms with Crippen molar-refractivity contribution in [3.8, 4) is 5.75 Å². The van der Waals surface area contributed by atoms with E-state index in [-0.39, 0.29) is 12.4 Å². The summed E-state index contributed by atoms with van der Waals surface area (Å²) in [4.78, 5) is 0. The second-order valence-corrected chi connectivity index (χ2v) is 5.45. The second-order valence-electron chi connectivity index (χ2n) is 4.59. The van der Waals surface area contributed by atoms with Crippen LogP contribution in [0.2, 0.25) is 0 Å². The predicted molar refractivity (Wildman–Crippen MR) is 73.3 cm³/mol. The lowest BCUT2D eigenvalue weighted by atomic mass is 10.2. The summed E-state index contributed by atoms with van der Waals surface area (Å²) in [6.07, 6.45) is -0.576. The van der Waals surface area contributed by atoms with Gasteiger partial charge in [0.1, 0.15) is 24.3 Å². The minimum Gasteiger partial charge on any atom is -0.491 e. The molecule has 1 unspecified atom stereocenters. The summed E-state index contributed by atoms with van der Waals surface area (Å²) in [6, 6.07) is 4.40. The van der Waals surface area contributed by atoms with Gasteiger partial charge < -0.3 is 15.2 Å². The Kier molecular flexibility index (Phi) is 6.60. The zero-order chi connectivity index (χ0) is 13.5. The van der Waals surface area contributed by atoms with Crippen molar-refractivity contribution in [2.45, 2.75) is 20.0 Å². The van der Waals surface area contributed by atoms with Crippen LogP contribution in [0.15, 0.2) is 22.7 Å². The van der Waals surface area contributed by atoms with Crippen molar-refractivity contribution in [3.05, 3.63) is 28.5 Å². The monoisotopic (exact) mass is 319 g/mol. The van der Waals surface area contributed by atoms with Crippen LogP contribution in [0.5, 0.6) is 5.75 Å². The highest BCUT2D eigenvalue weighted by Gasteiger charge is 2.06. The van der Waals surface area contributed by atoms with Crippen molar-refractivity contribution in [1.29, 1.82) is 0 Å². The van der Waals surface area contributed by atoms with Gasteiger partial charge >= 0.3 is 0 Å². The van der Waals surface area contributed by atoms with Crippen molar-refractivity contribution in [2.24, 2.45) is 5.92 Å². The smallest absolute Gasteiger partial charge is 0.137 e. The Morgan fingerprint density at radius 3 is 2.72 bits per heavy atom. The van der Waals surface area contributed by atoms with Gasteiger partial charge in [0.25, 0.3) is 0 Å². The van der Waals surface area contributed by atoms with Crippen LogP contribution in [0, 0.1) is 11.7 Å². The van der Waals surface area contributed by atoms with E-state index in [1.807, 2.05) is 0 Å². The van der Waals surface area contributed by atoms with Crippen LogP contribution in [-0.2, 0) is 0 Å². The fourth-order valence-corrected chi connectivity index (χ4v) is 1.71.